The molecule has 0 radical (unpaired) electrons. The molecule has 0 N–H and O–H groups in total. The Kier molecular flexibility index (Phi) is 19.3. The molecule has 56 heavy (non-hydrogen) atoms. The van der Waals surface area contributed by atoms with Crippen LogP contribution in [0.1, 0.15) is 185 Å². The van der Waals surface area contributed by atoms with Crippen molar-refractivity contribution in [2.24, 2.45) is 33.5 Å². The molecule has 0 bridgehead atoms. The Bertz CT molecular complexity index is 1000. The van der Waals surface area contributed by atoms with Crippen LogP contribution in [0.15, 0.2) is 0 Å². The van der Waals surface area contributed by atoms with E-state index >= 15 is 0 Å². The first kappa shape index (κ1) is 53.8. The largest absolute Gasteiger partial charge is 0.375 e. The molecule has 4 unspecified atom stereocenters. The lowest BCUT2D eigenvalue weighted by molar-refractivity contribution is -0.100. The fraction of sp³-hybridized carbons (Fsp3) is 1.00. The summed E-state index contributed by atoms with van der Waals surface area (Å²) in [5.41, 5.74) is 2.88. The van der Waals surface area contributed by atoms with E-state index in [0.717, 1.165) is 31.5 Å². The highest BCUT2D eigenvalue weighted by atomic mass is 16.5. The van der Waals surface area contributed by atoms with Gasteiger partial charge in [0.1, 0.15) is 0 Å². The molecule has 0 aromatic carbocycles. The first-order valence-electron chi connectivity index (χ1n) is 23.1. The van der Waals surface area contributed by atoms with E-state index in [-0.39, 0.29) is 11.0 Å². The topological polar surface area (TPSA) is 25.4 Å². The van der Waals surface area contributed by atoms with Crippen LogP contribution in [-0.2, 0) is 4.74 Å². The Labute approximate surface area is 354 Å². The molecule has 4 heterocycles. The predicted molar refractivity (Wildman–Crippen MR) is 250 cm³/mol. The van der Waals surface area contributed by atoms with Crippen molar-refractivity contribution >= 4 is 0 Å². The minimum atomic E-state index is 0.254. The molecular weight excluding hydrogens is 687 g/mol. The summed E-state index contributed by atoms with van der Waals surface area (Å²) < 4.78 is 5.83. The molecule has 4 fully saturated rings. The number of rotatable bonds is 0. The molecule has 0 aromatic heterocycles. The lowest BCUT2D eigenvalue weighted by Crippen LogP contribution is -2.60. The number of nitrogens with zero attached hydrogens (tertiary/aromatic N) is 5. The summed E-state index contributed by atoms with van der Waals surface area (Å²) in [6.45, 7) is 67.5. The van der Waals surface area contributed by atoms with E-state index in [4.69, 9.17) is 4.74 Å². The number of piperidine rings is 1. The molecule has 0 aliphatic carbocycles. The molecule has 6 heteroatoms. The minimum Gasteiger partial charge on any atom is -0.375 e. The van der Waals surface area contributed by atoms with Gasteiger partial charge in [0.2, 0.25) is 0 Å². The van der Waals surface area contributed by atoms with Gasteiger partial charge < -0.3 is 9.64 Å². The zero-order valence-corrected chi connectivity index (χ0v) is 43.1. The minimum absolute atomic E-state index is 0.254. The van der Waals surface area contributed by atoms with Crippen LogP contribution in [0, 0.1) is 33.5 Å². The molecule has 4 aliphatic rings. The van der Waals surface area contributed by atoms with E-state index in [0.29, 0.717) is 45.0 Å². The van der Waals surface area contributed by atoms with Crippen LogP contribution in [0.5, 0.6) is 0 Å². The smallest absolute Gasteiger partial charge is 0.0750 e. The zero-order chi connectivity index (χ0) is 44.1. The van der Waals surface area contributed by atoms with Crippen LogP contribution >= 0.6 is 0 Å². The Balaban J connectivity index is 0.000000374. The number of likely N-dealkylation sites (tertiary alicyclic amines) is 2. The third-order valence-corrected chi connectivity index (χ3v) is 13.5. The molecule has 0 spiro atoms. The Hall–Kier alpha value is -0.240. The van der Waals surface area contributed by atoms with Crippen molar-refractivity contribution in [3.8, 4) is 0 Å². The van der Waals surface area contributed by atoms with E-state index < -0.39 is 0 Å². The van der Waals surface area contributed by atoms with Crippen molar-refractivity contribution in [1.82, 2.24) is 24.5 Å². The van der Waals surface area contributed by atoms with Gasteiger partial charge in [-0.25, -0.2) is 0 Å². The average Bonchev–Trinajstić information content (AvgIpc) is 3.52. The summed E-state index contributed by atoms with van der Waals surface area (Å²) in [6, 6.07) is 0.672. The summed E-state index contributed by atoms with van der Waals surface area (Å²) in [7, 11) is 2.26. The Morgan fingerprint density at radius 2 is 0.768 bits per heavy atom. The van der Waals surface area contributed by atoms with Crippen molar-refractivity contribution in [1.29, 1.82) is 0 Å². The van der Waals surface area contributed by atoms with Gasteiger partial charge in [0.05, 0.1) is 12.7 Å². The van der Waals surface area contributed by atoms with Crippen LogP contribution in [0.4, 0.5) is 0 Å². The summed E-state index contributed by atoms with van der Waals surface area (Å²) >= 11 is 0. The van der Waals surface area contributed by atoms with Gasteiger partial charge in [-0.3, -0.25) is 19.6 Å². The fourth-order valence-corrected chi connectivity index (χ4v) is 8.57. The molecule has 0 saturated carbocycles. The van der Waals surface area contributed by atoms with Crippen molar-refractivity contribution in [3.05, 3.63) is 0 Å². The maximum absolute atomic E-state index is 5.83. The first-order chi connectivity index (χ1) is 24.8. The van der Waals surface area contributed by atoms with E-state index in [1.54, 1.807) is 0 Å². The predicted octanol–water partition coefficient (Wildman–Crippen LogP) is 11.7. The molecule has 4 saturated heterocycles. The summed E-state index contributed by atoms with van der Waals surface area (Å²) in [5, 5.41) is 0. The number of morpholine rings is 1. The van der Waals surface area contributed by atoms with Gasteiger partial charge in [-0.1, -0.05) is 83.1 Å². The van der Waals surface area contributed by atoms with Gasteiger partial charge in [0, 0.05) is 74.0 Å². The molecule has 0 amide bonds. The van der Waals surface area contributed by atoms with E-state index in [1.807, 2.05) is 0 Å². The molecular formula is C50H105N5O. The SMILES string of the molecule is CC(C)(C)C1CCCN(C(C)(C)C)C1.CC(C)(C)C1CCN(C(C)(C)C)C1.CC(C)(C)C1CN(C(C)(C)C)CCO1.CN1CCN(C(C)(C)C)CC1C(C)(C)C. The zero-order valence-electron chi connectivity index (χ0n) is 43.1. The lowest BCUT2D eigenvalue weighted by atomic mass is 9.75. The highest BCUT2D eigenvalue weighted by molar-refractivity contribution is 4.93. The second-order valence-electron chi connectivity index (χ2n) is 26.6. The number of hydrogen-bond acceptors (Lipinski definition) is 6. The van der Waals surface area contributed by atoms with Crippen LogP contribution < -0.4 is 0 Å². The van der Waals surface area contributed by atoms with Crippen LogP contribution in [0.2, 0.25) is 0 Å². The quantitative estimate of drug-likeness (QED) is 0.242. The van der Waals surface area contributed by atoms with Crippen molar-refractivity contribution in [2.75, 3.05) is 72.6 Å². The third kappa shape index (κ3) is 18.6. The van der Waals surface area contributed by atoms with Crippen LogP contribution in [-0.4, -0.2) is 131 Å². The third-order valence-electron chi connectivity index (χ3n) is 13.5. The lowest BCUT2D eigenvalue weighted by Gasteiger charge is -2.49. The standard InChI is InChI=1S/C13H28N2.C13H27N.C12H25NO.C12H25N/c1-12(2,3)11-10-15(13(4,5)6)9-8-14(11)7;1-12(2,3)11-8-7-9-14(10-11)13(4,5)6;1-11(2,3)10-9-13(7-8-14-10)12(4,5)6;1-11(2,3)10-7-8-13(9-10)12(4,5)6/h11H,8-10H2,1-7H3;11H,7-10H2,1-6H3;10H,7-9H2,1-6H3;10H,7-9H2,1-6H3. The van der Waals surface area contributed by atoms with Gasteiger partial charge in [-0.2, -0.15) is 0 Å². The number of piperazine rings is 1. The number of ether oxygens (including phenoxy) is 1. The maximum atomic E-state index is 5.83. The van der Waals surface area contributed by atoms with E-state index in [1.165, 1.54) is 65.1 Å². The maximum Gasteiger partial charge on any atom is 0.0750 e. The van der Waals surface area contributed by atoms with Gasteiger partial charge in [0.25, 0.3) is 0 Å². The van der Waals surface area contributed by atoms with Crippen molar-refractivity contribution < 1.29 is 4.74 Å². The van der Waals surface area contributed by atoms with Gasteiger partial charge in [-0.05, 0) is 156 Å². The summed E-state index contributed by atoms with van der Waals surface area (Å²) in [6.07, 6.45) is 4.53. The van der Waals surface area contributed by atoms with Gasteiger partial charge in [0.15, 0.2) is 0 Å². The molecule has 0 aromatic rings. The Morgan fingerprint density at radius 1 is 0.375 bits per heavy atom. The van der Waals surface area contributed by atoms with Gasteiger partial charge in [-0.15, -0.1) is 0 Å². The monoisotopic (exact) mass is 792 g/mol. The van der Waals surface area contributed by atoms with Crippen molar-refractivity contribution in [3.63, 3.8) is 0 Å². The molecule has 6 nitrogen and oxygen atoms in total. The number of likely N-dealkylation sites (N-methyl/N-ethyl adjacent to an activating group) is 1. The molecule has 4 atom stereocenters. The number of hydrogen-bond donors (Lipinski definition) is 0. The van der Waals surface area contributed by atoms with Crippen LogP contribution in [0.3, 0.4) is 0 Å². The second-order valence-corrected chi connectivity index (χ2v) is 26.6. The fourth-order valence-electron chi connectivity index (χ4n) is 8.57. The molecule has 336 valence electrons. The molecule has 4 rings (SSSR count). The highest BCUT2D eigenvalue weighted by Crippen LogP contribution is 2.37. The molecule has 4 aliphatic heterocycles. The van der Waals surface area contributed by atoms with Crippen molar-refractivity contribution in [2.45, 2.75) is 220 Å². The highest BCUT2D eigenvalue weighted by Gasteiger charge is 2.38. The van der Waals surface area contributed by atoms with E-state index in [2.05, 4.69) is 198 Å². The first-order valence-corrected chi connectivity index (χ1v) is 23.1. The average molecular weight is 792 g/mol. The second kappa shape index (κ2) is 20.1. The summed E-state index contributed by atoms with van der Waals surface area (Å²) in [4.78, 5) is 12.9. The van der Waals surface area contributed by atoms with Crippen LogP contribution in [0.25, 0.3) is 0 Å². The Morgan fingerprint density at radius 3 is 1.12 bits per heavy atom. The summed E-state index contributed by atoms with van der Waals surface area (Å²) in [5.74, 6) is 1.75. The normalized spacial score (nSPS) is 26.7. The van der Waals surface area contributed by atoms with E-state index in [9.17, 15) is 0 Å². The van der Waals surface area contributed by atoms with Gasteiger partial charge >= 0.3 is 0 Å².